The zero-order chi connectivity index (χ0) is 19.4. The molecule has 7 nitrogen and oxygen atoms in total. The van der Waals surface area contributed by atoms with Crippen molar-refractivity contribution >= 4 is 17.5 Å². The fourth-order valence-corrected chi connectivity index (χ4v) is 3.78. The molecule has 0 aromatic carbocycles. The Kier molecular flexibility index (Phi) is 6.08. The summed E-state index contributed by atoms with van der Waals surface area (Å²) in [7, 11) is 1.68. The lowest BCUT2D eigenvalue weighted by Gasteiger charge is -2.17. The third-order valence-electron chi connectivity index (χ3n) is 4.29. The summed E-state index contributed by atoms with van der Waals surface area (Å²) in [5.41, 5.74) is 3.51. The van der Waals surface area contributed by atoms with Crippen LogP contribution in [-0.4, -0.2) is 45.0 Å². The van der Waals surface area contributed by atoms with Crippen LogP contribution in [0.1, 0.15) is 34.7 Å². The minimum absolute atomic E-state index is 0.0348. The maximum Gasteiger partial charge on any atom is 0.277 e. The van der Waals surface area contributed by atoms with E-state index < -0.39 is 0 Å². The van der Waals surface area contributed by atoms with Crippen molar-refractivity contribution in [2.45, 2.75) is 32.0 Å². The first kappa shape index (κ1) is 19.3. The molecule has 0 aliphatic carbocycles. The first-order chi connectivity index (χ1) is 13.0. The molecule has 0 bridgehead atoms. The van der Waals surface area contributed by atoms with Gasteiger partial charge in [-0.15, -0.1) is 10.2 Å². The number of thioether (sulfide) groups is 1. The zero-order valence-electron chi connectivity index (χ0n) is 15.8. The van der Waals surface area contributed by atoms with E-state index in [1.54, 1.807) is 31.6 Å². The van der Waals surface area contributed by atoms with Crippen LogP contribution in [0, 0.1) is 13.8 Å². The van der Waals surface area contributed by atoms with E-state index in [1.807, 2.05) is 19.9 Å². The van der Waals surface area contributed by atoms with Crippen molar-refractivity contribution in [3.8, 4) is 11.5 Å². The maximum absolute atomic E-state index is 12.7. The molecule has 3 rings (SSSR count). The van der Waals surface area contributed by atoms with Gasteiger partial charge in [-0.2, -0.15) is 0 Å². The Morgan fingerprint density at radius 2 is 2.04 bits per heavy atom. The molecule has 0 radical (unpaired) electrons. The molecule has 0 N–H and O–H groups in total. The van der Waals surface area contributed by atoms with Crippen LogP contribution in [0.15, 0.2) is 40.2 Å². The number of carbonyl (C=O) groups excluding carboxylic acids is 1. The molecule has 3 aromatic heterocycles. The van der Waals surface area contributed by atoms with Gasteiger partial charge >= 0.3 is 0 Å². The Balaban J connectivity index is 1.68. The second-order valence-electron chi connectivity index (χ2n) is 6.28. The number of hydrogen-bond donors (Lipinski definition) is 0. The van der Waals surface area contributed by atoms with Crippen LogP contribution < -0.4 is 0 Å². The highest BCUT2D eigenvalue weighted by Gasteiger charge is 2.20. The molecule has 0 aliphatic heterocycles. The third kappa shape index (κ3) is 4.28. The van der Waals surface area contributed by atoms with E-state index in [9.17, 15) is 4.79 Å². The fraction of sp³-hybridized carbons (Fsp3) is 0.368. The molecule has 0 saturated carbocycles. The van der Waals surface area contributed by atoms with E-state index in [4.69, 9.17) is 9.15 Å². The Hall–Kier alpha value is -2.45. The summed E-state index contributed by atoms with van der Waals surface area (Å²) in [4.78, 5) is 16.7. The van der Waals surface area contributed by atoms with Crippen molar-refractivity contribution in [1.29, 1.82) is 0 Å². The van der Waals surface area contributed by atoms with Gasteiger partial charge in [0, 0.05) is 42.0 Å². The first-order valence-electron chi connectivity index (χ1n) is 8.58. The van der Waals surface area contributed by atoms with Crippen LogP contribution in [0.2, 0.25) is 0 Å². The minimum atomic E-state index is 0.0348. The highest BCUT2D eigenvalue weighted by molar-refractivity contribution is 7.99. The number of pyridine rings is 1. The molecule has 0 aliphatic rings. The van der Waals surface area contributed by atoms with Gasteiger partial charge in [-0.25, -0.2) is 0 Å². The Labute approximate surface area is 162 Å². The predicted molar refractivity (Wildman–Crippen MR) is 103 cm³/mol. The molecule has 0 amide bonds. The van der Waals surface area contributed by atoms with Crippen molar-refractivity contribution in [2.24, 2.45) is 0 Å². The summed E-state index contributed by atoms with van der Waals surface area (Å²) in [6.07, 6.45) is 3.33. The number of nitrogens with zero attached hydrogens (tertiary/aromatic N) is 4. The fourth-order valence-electron chi connectivity index (χ4n) is 3.14. The maximum atomic E-state index is 12.7. The molecular weight excluding hydrogens is 364 g/mol. The average molecular weight is 386 g/mol. The monoisotopic (exact) mass is 386 g/mol. The number of methoxy groups -OCH3 is 1. The van der Waals surface area contributed by atoms with E-state index in [1.165, 1.54) is 11.8 Å². The molecule has 0 fully saturated rings. The summed E-state index contributed by atoms with van der Waals surface area (Å²) < 4.78 is 13.0. The molecule has 8 heteroatoms. The van der Waals surface area contributed by atoms with Crippen molar-refractivity contribution in [1.82, 2.24) is 19.7 Å². The number of hydrogen-bond acceptors (Lipinski definition) is 7. The largest absolute Gasteiger partial charge is 0.411 e. The van der Waals surface area contributed by atoms with Gasteiger partial charge in [0.05, 0.1) is 18.4 Å². The van der Waals surface area contributed by atoms with Crippen molar-refractivity contribution in [2.75, 3.05) is 19.5 Å². The number of Topliss-reactive ketones (excluding diaryl/α,β-unsaturated/α-hetero) is 1. The quantitative estimate of drug-likeness (QED) is 0.431. The van der Waals surface area contributed by atoms with Gasteiger partial charge in [0.2, 0.25) is 5.89 Å². The van der Waals surface area contributed by atoms with Gasteiger partial charge in [-0.05, 0) is 39.0 Å². The van der Waals surface area contributed by atoms with Crippen molar-refractivity contribution in [3.05, 3.63) is 47.5 Å². The molecule has 0 spiro atoms. The lowest BCUT2D eigenvalue weighted by atomic mass is 10.2. The summed E-state index contributed by atoms with van der Waals surface area (Å²) in [6, 6.07) is 5.69. The van der Waals surface area contributed by atoms with Gasteiger partial charge in [-0.1, -0.05) is 11.8 Å². The van der Waals surface area contributed by atoms with Gasteiger partial charge in [0.15, 0.2) is 5.78 Å². The normalized spacial score (nSPS) is 12.3. The second kappa shape index (κ2) is 8.49. The van der Waals surface area contributed by atoms with E-state index >= 15 is 0 Å². The number of rotatable bonds is 8. The van der Waals surface area contributed by atoms with E-state index in [0.717, 1.165) is 22.5 Å². The van der Waals surface area contributed by atoms with Crippen LogP contribution in [0.25, 0.3) is 11.5 Å². The first-order valence-corrected chi connectivity index (χ1v) is 9.57. The summed E-state index contributed by atoms with van der Waals surface area (Å²) in [6.45, 7) is 6.64. The molecular formula is C19H22N4O3S. The highest BCUT2D eigenvalue weighted by atomic mass is 32.2. The van der Waals surface area contributed by atoms with Crippen LogP contribution in [0.3, 0.4) is 0 Å². The number of ether oxygens (including phenoxy) is 1. The van der Waals surface area contributed by atoms with E-state index in [2.05, 4.69) is 26.7 Å². The number of ketones is 1. The SMILES string of the molecule is COCC(C)n1c(C)cc(C(=O)CSc2nnc(-c3ccncc3)o2)c1C. The van der Waals surface area contributed by atoms with Crippen LogP contribution >= 0.6 is 11.8 Å². The summed E-state index contributed by atoms with van der Waals surface area (Å²) in [5.74, 6) is 0.688. The highest BCUT2D eigenvalue weighted by Crippen LogP contribution is 2.26. The summed E-state index contributed by atoms with van der Waals surface area (Å²) in [5, 5.41) is 8.40. The molecule has 27 heavy (non-hydrogen) atoms. The lowest BCUT2D eigenvalue weighted by Crippen LogP contribution is -2.14. The third-order valence-corrected chi connectivity index (χ3v) is 5.11. The topological polar surface area (TPSA) is 83.0 Å². The predicted octanol–water partition coefficient (Wildman–Crippen LogP) is 3.73. The molecule has 0 saturated heterocycles. The molecule has 1 unspecified atom stereocenters. The van der Waals surface area contributed by atoms with Crippen LogP contribution in [-0.2, 0) is 4.74 Å². The van der Waals surface area contributed by atoms with Crippen LogP contribution in [0.4, 0.5) is 0 Å². The van der Waals surface area contributed by atoms with Crippen molar-refractivity contribution < 1.29 is 13.9 Å². The van der Waals surface area contributed by atoms with E-state index in [0.29, 0.717) is 17.7 Å². The van der Waals surface area contributed by atoms with Gasteiger partial charge < -0.3 is 13.7 Å². The lowest BCUT2D eigenvalue weighted by molar-refractivity contribution is 0.102. The Bertz CT molecular complexity index is 920. The number of aromatic nitrogens is 4. The van der Waals surface area contributed by atoms with Gasteiger partial charge in [0.1, 0.15) is 0 Å². The Morgan fingerprint density at radius 1 is 1.30 bits per heavy atom. The number of aryl methyl sites for hydroxylation is 1. The molecule has 3 heterocycles. The average Bonchev–Trinajstić information content (AvgIpc) is 3.25. The molecule has 1 atom stereocenters. The smallest absolute Gasteiger partial charge is 0.277 e. The standard InChI is InChI=1S/C19H22N4O3S/c1-12-9-16(14(3)23(12)13(2)10-25-4)17(24)11-27-19-22-21-18(26-19)15-5-7-20-8-6-15/h5-9,13H,10-11H2,1-4H3. The van der Waals surface area contributed by atoms with E-state index in [-0.39, 0.29) is 17.6 Å². The Morgan fingerprint density at radius 3 is 2.74 bits per heavy atom. The molecule has 3 aromatic rings. The zero-order valence-corrected chi connectivity index (χ0v) is 16.6. The minimum Gasteiger partial charge on any atom is -0.411 e. The van der Waals surface area contributed by atoms with Gasteiger partial charge in [0.25, 0.3) is 5.22 Å². The summed E-state index contributed by atoms with van der Waals surface area (Å²) >= 11 is 1.24. The second-order valence-corrected chi connectivity index (χ2v) is 7.21. The van der Waals surface area contributed by atoms with Gasteiger partial charge in [-0.3, -0.25) is 9.78 Å². The van der Waals surface area contributed by atoms with Crippen LogP contribution in [0.5, 0.6) is 0 Å². The molecule has 142 valence electrons. The number of carbonyl (C=O) groups is 1. The van der Waals surface area contributed by atoms with Crippen molar-refractivity contribution in [3.63, 3.8) is 0 Å².